The Kier molecular flexibility index (Phi) is 3.19. The molecule has 0 saturated heterocycles. The molecule has 84 valence electrons. The van der Waals surface area contributed by atoms with E-state index in [4.69, 9.17) is 34.2 Å². The van der Waals surface area contributed by atoms with E-state index in [0.717, 1.165) is 5.56 Å². The zero-order chi connectivity index (χ0) is 12.4. The van der Waals surface area contributed by atoms with Crippen LogP contribution < -0.4 is 5.73 Å². The van der Waals surface area contributed by atoms with Crippen molar-refractivity contribution in [3.63, 3.8) is 0 Å². The number of rotatable bonds is 1. The Labute approximate surface area is 108 Å². The highest BCUT2D eigenvalue weighted by Gasteiger charge is 2.09. The van der Waals surface area contributed by atoms with E-state index >= 15 is 0 Å². The Hall–Kier alpha value is -1.76. The van der Waals surface area contributed by atoms with E-state index in [1.165, 1.54) is 0 Å². The van der Waals surface area contributed by atoms with Crippen molar-refractivity contribution >= 4 is 29.0 Å². The fraction of sp³-hybridized carbons (Fsp3) is 0. The van der Waals surface area contributed by atoms with E-state index in [-0.39, 0.29) is 5.82 Å². The number of anilines is 1. The summed E-state index contributed by atoms with van der Waals surface area (Å²) in [5.74, 6) is 0.216. The topological polar surface area (TPSA) is 62.7 Å². The Morgan fingerprint density at radius 1 is 1.18 bits per heavy atom. The van der Waals surface area contributed by atoms with E-state index < -0.39 is 0 Å². The minimum atomic E-state index is 0.216. The largest absolute Gasteiger partial charge is 0.382 e. The maximum Gasteiger partial charge on any atom is 0.143 e. The molecule has 0 aliphatic heterocycles. The number of benzene rings is 1. The number of hydrogen-bond acceptors (Lipinski definition) is 3. The highest BCUT2D eigenvalue weighted by molar-refractivity contribution is 6.37. The van der Waals surface area contributed by atoms with Gasteiger partial charge in [0.25, 0.3) is 0 Å². The highest BCUT2D eigenvalue weighted by Crippen LogP contribution is 2.31. The van der Waals surface area contributed by atoms with Crippen LogP contribution in [0.3, 0.4) is 0 Å². The summed E-state index contributed by atoms with van der Waals surface area (Å²) in [4.78, 5) is 4.12. The van der Waals surface area contributed by atoms with Crippen molar-refractivity contribution in [1.82, 2.24) is 4.98 Å². The minimum Gasteiger partial charge on any atom is -0.382 e. The molecule has 0 saturated carbocycles. The number of nitrogen functional groups attached to an aromatic ring is 1. The molecule has 0 bridgehead atoms. The van der Waals surface area contributed by atoms with Crippen LogP contribution in [0.2, 0.25) is 10.0 Å². The molecule has 0 aliphatic carbocycles. The first-order valence-electron chi connectivity index (χ1n) is 4.74. The first-order valence-corrected chi connectivity index (χ1v) is 5.49. The molecule has 2 rings (SSSR count). The zero-order valence-electron chi connectivity index (χ0n) is 8.61. The van der Waals surface area contributed by atoms with Crippen molar-refractivity contribution in [2.75, 3.05) is 5.73 Å². The van der Waals surface area contributed by atoms with Gasteiger partial charge in [-0.15, -0.1) is 0 Å². The van der Waals surface area contributed by atoms with Crippen molar-refractivity contribution in [2.24, 2.45) is 0 Å². The summed E-state index contributed by atoms with van der Waals surface area (Å²) < 4.78 is 0. The van der Waals surface area contributed by atoms with Gasteiger partial charge in [-0.3, -0.25) is 0 Å². The normalized spacial score (nSPS) is 9.94. The second-order valence-electron chi connectivity index (χ2n) is 3.38. The Bertz CT molecular complexity index is 618. The standard InChI is InChI=1S/C12H7Cl2N3/c13-9-5-10(14)12(16)17-11(9)8-3-1-2-7(4-8)6-15/h1-5H,(H2,16,17). The van der Waals surface area contributed by atoms with E-state index in [0.29, 0.717) is 21.3 Å². The highest BCUT2D eigenvalue weighted by atomic mass is 35.5. The van der Waals surface area contributed by atoms with E-state index in [2.05, 4.69) is 11.1 Å². The minimum absolute atomic E-state index is 0.216. The third-order valence-corrected chi connectivity index (χ3v) is 2.81. The molecular weight excluding hydrogens is 257 g/mol. The predicted molar refractivity (Wildman–Crippen MR) is 68.8 cm³/mol. The first-order chi connectivity index (χ1) is 8.11. The molecule has 0 atom stereocenters. The van der Waals surface area contributed by atoms with Crippen molar-refractivity contribution in [3.05, 3.63) is 45.9 Å². The molecule has 3 nitrogen and oxygen atoms in total. The van der Waals surface area contributed by atoms with Crippen LogP contribution in [0.15, 0.2) is 30.3 Å². The van der Waals surface area contributed by atoms with Crippen LogP contribution in [0.25, 0.3) is 11.3 Å². The lowest BCUT2D eigenvalue weighted by Crippen LogP contribution is -1.94. The molecule has 0 spiro atoms. The monoisotopic (exact) mass is 263 g/mol. The van der Waals surface area contributed by atoms with Gasteiger partial charge in [0.05, 0.1) is 27.4 Å². The van der Waals surface area contributed by atoms with E-state index in [9.17, 15) is 0 Å². The maximum absolute atomic E-state index is 8.83. The van der Waals surface area contributed by atoms with Crippen LogP contribution in [0.4, 0.5) is 5.82 Å². The molecular formula is C12H7Cl2N3. The van der Waals surface area contributed by atoms with Gasteiger partial charge in [-0.05, 0) is 18.2 Å². The molecule has 1 heterocycles. The molecule has 0 fully saturated rings. The number of aromatic nitrogens is 1. The van der Waals surface area contributed by atoms with Crippen LogP contribution in [0.5, 0.6) is 0 Å². The molecule has 1 aromatic carbocycles. The number of hydrogen-bond donors (Lipinski definition) is 1. The molecule has 0 unspecified atom stereocenters. The number of pyridine rings is 1. The van der Waals surface area contributed by atoms with Crippen molar-refractivity contribution in [2.45, 2.75) is 0 Å². The van der Waals surface area contributed by atoms with Gasteiger partial charge >= 0.3 is 0 Å². The van der Waals surface area contributed by atoms with Crippen molar-refractivity contribution in [3.8, 4) is 17.3 Å². The lowest BCUT2D eigenvalue weighted by Gasteiger charge is -2.06. The third-order valence-electron chi connectivity index (χ3n) is 2.22. The van der Waals surface area contributed by atoms with Crippen molar-refractivity contribution in [1.29, 1.82) is 5.26 Å². The van der Waals surface area contributed by atoms with Gasteiger partial charge in [0.15, 0.2) is 0 Å². The molecule has 2 N–H and O–H groups in total. The number of halogens is 2. The van der Waals surface area contributed by atoms with Gasteiger partial charge in [0, 0.05) is 5.56 Å². The molecule has 0 aliphatic rings. The van der Waals surface area contributed by atoms with Gasteiger partial charge in [0.2, 0.25) is 0 Å². The van der Waals surface area contributed by atoms with Gasteiger partial charge in [-0.2, -0.15) is 5.26 Å². The lowest BCUT2D eigenvalue weighted by atomic mass is 10.1. The van der Waals surface area contributed by atoms with Crippen molar-refractivity contribution < 1.29 is 0 Å². The van der Waals surface area contributed by atoms with Crippen LogP contribution in [0.1, 0.15) is 5.56 Å². The van der Waals surface area contributed by atoms with Crippen LogP contribution in [0, 0.1) is 11.3 Å². The summed E-state index contributed by atoms with van der Waals surface area (Å²) >= 11 is 11.9. The second kappa shape index (κ2) is 4.62. The Morgan fingerprint density at radius 3 is 2.65 bits per heavy atom. The quantitative estimate of drug-likeness (QED) is 0.857. The van der Waals surface area contributed by atoms with Gasteiger partial charge in [0.1, 0.15) is 5.82 Å². The summed E-state index contributed by atoms with van der Waals surface area (Å²) in [6.07, 6.45) is 0. The summed E-state index contributed by atoms with van der Waals surface area (Å²) in [6, 6.07) is 10.6. The van der Waals surface area contributed by atoms with Crippen LogP contribution in [-0.2, 0) is 0 Å². The molecule has 0 radical (unpaired) electrons. The fourth-order valence-corrected chi connectivity index (χ4v) is 1.89. The number of nitrogens with two attached hydrogens (primary N) is 1. The van der Waals surface area contributed by atoms with Crippen LogP contribution in [-0.4, -0.2) is 4.98 Å². The first kappa shape index (κ1) is 11.7. The lowest BCUT2D eigenvalue weighted by molar-refractivity contribution is 1.33. The predicted octanol–water partition coefficient (Wildman–Crippen LogP) is 3.51. The van der Waals surface area contributed by atoms with E-state index in [1.807, 2.05) is 6.07 Å². The van der Waals surface area contributed by atoms with Gasteiger partial charge < -0.3 is 5.73 Å². The third kappa shape index (κ3) is 2.33. The summed E-state index contributed by atoms with van der Waals surface area (Å²) in [6.45, 7) is 0. The number of nitrogens with zero attached hydrogens (tertiary/aromatic N) is 2. The molecule has 5 heteroatoms. The molecule has 17 heavy (non-hydrogen) atoms. The smallest absolute Gasteiger partial charge is 0.143 e. The zero-order valence-corrected chi connectivity index (χ0v) is 10.1. The Morgan fingerprint density at radius 2 is 1.94 bits per heavy atom. The molecule has 1 aromatic heterocycles. The van der Waals surface area contributed by atoms with E-state index in [1.54, 1.807) is 24.3 Å². The Balaban J connectivity index is 2.61. The average molecular weight is 264 g/mol. The van der Waals surface area contributed by atoms with Crippen LogP contribution >= 0.6 is 23.2 Å². The molecule has 0 amide bonds. The summed E-state index contributed by atoms with van der Waals surface area (Å²) in [7, 11) is 0. The molecule has 2 aromatic rings. The maximum atomic E-state index is 8.83. The summed E-state index contributed by atoms with van der Waals surface area (Å²) in [5.41, 5.74) is 7.42. The SMILES string of the molecule is N#Cc1cccc(-c2nc(N)c(Cl)cc2Cl)c1. The fourth-order valence-electron chi connectivity index (χ4n) is 1.42. The second-order valence-corrected chi connectivity index (χ2v) is 4.19. The summed E-state index contributed by atoms with van der Waals surface area (Å²) in [5, 5.41) is 9.54. The number of nitriles is 1. The van der Waals surface area contributed by atoms with Gasteiger partial charge in [-0.1, -0.05) is 35.3 Å². The van der Waals surface area contributed by atoms with Gasteiger partial charge in [-0.25, -0.2) is 4.98 Å². The average Bonchev–Trinajstić information content (AvgIpc) is 2.34.